The molecule has 0 spiro atoms. The van der Waals surface area contributed by atoms with Gasteiger partial charge in [0.05, 0.1) is 22.7 Å². The zero-order chi connectivity index (χ0) is 29.2. The van der Waals surface area contributed by atoms with Crippen molar-refractivity contribution in [1.29, 1.82) is 0 Å². The van der Waals surface area contributed by atoms with Crippen LogP contribution in [-0.4, -0.2) is 58.3 Å². The van der Waals surface area contributed by atoms with E-state index in [9.17, 15) is 19.2 Å². The Morgan fingerprint density at radius 1 is 0.950 bits per heavy atom. The number of benzene rings is 1. The standard InChI is InChI=1S/C30H40N6O4/c1-17(2)25-27(38)32-19(4)28(39)36-15-7-8-23(35-36)26(37)31-18(3)22-12-11-21-10-9-20(16-24(21)33-22)13-14-30(5,6)29(40)34-25/h9-14,16-19,23,25,35H,7-8,15H2,1-6H3,(H,31,37)(H,32,38)(H,34,40)/b14-13+/t18-,19+,23+,25?/m1/s1. The quantitative estimate of drug-likeness (QED) is 0.433. The van der Waals surface area contributed by atoms with E-state index in [1.54, 1.807) is 26.8 Å². The van der Waals surface area contributed by atoms with Crippen molar-refractivity contribution in [3.63, 3.8) is 0 Å². The lowest BCUT2D eigenvalue weighted by Crippen LogP contribution is -2.62. The van der Waals surface area contributed by atoms with Crippen LogP contribution in [-0.2, 0) is 19.2 Å². The molecule has 0 radical (unpaired) electrons. The van der Waals surface area contributed by atoms with Gasteiger partial charge in [0.25, 0.3) is 5.91 Å². The molecule has 10 nitrogen and oxygen atoms in total. The Labute approximate surface area is 235 Å². The lowest BCUT2D eigenvalue weighted by Gasteiger charge is -2.35. The van der Waals surface area contributed by atoms with E-state index in [0.717, 1.165) is 16.5 Å². The van der Waals surface area contributed by atoms with E-state index in [4.69, 9.17) is 4.98 Å². The van der Waals surface area contributed by atoms with Crippen molar-refractivity contribution >= 4 is 40.6 Å². The summed E-state index contributed by atoms with van der Waals surface area (Å²) in [5.74, 6) is -1.53. The van der Waals surface area contributed by atoms with E-state index >= 15 is 0 Å². The number of carbonyl (C=O) groups is 4. The summed E-state index contributed by atoms with van der Waals surface area (Å²) in [6.45, 7) is 11.2. The summed E-state index contributed by atoms with van der Waals surface area (Å²) in [4.78, 5) is 57.7. The van der Waals surface area contributed by atoms with E-state index in [1.807, 2.05) is 57.2 Å². The third-order valence-corrected chi connectivity index (χ3v) is 7.55. The van der Waals surface area contributed by atoms with Crippen molar-refractivity contribution < 1.29 is 19.2 Å². The molecular weight excluding hydrogens is 508 g/mol. The van der Waals surface area contributed by atoms with Gasteiger partial charge in [-0.3, -0.25) is 29.2 Å². The maximum atomic E-state index is 13.3. The van der Waals surface area contributed by atoms with Gasteiger partial charge in [-0.15, -0.1) is 0 Å². The van der Waals surface area contributed by atoms with Gasteiger partial charge in [-0.25, -0.2) is 5.43 Å². The van der Waals surface area contributed by atoms with Crippen LogP contribution in [0.5, 0.6) is 0 Å². The van der Waals surface area contributed by atoms with Crippen LogP contribution in [0.3, 0.4) is 0 Å². The molecule has 214 valence electrons. The number of nitrogens with zero attached hydrogens (tertiary/aromatic N) is 2. The number of nitrogens with one attached hydrogen (secondary N) is 4. The molecule has 4 amide bonds. The molecule has 2 aliphatic heterocycles. The van der Waals surface area contributed by atoms with Crippen LogP contribution in [0.15, 0.2) is 36.4 Å². The van der Waals surface area contributed by atoms with Gasteiger partial charge < -0.3 is 16.0 Å². The van der Waals surface area contributed by atoms with Gasteiger partial charge in [0.1, 0.15) is 18.1 Å². The summed E-state index contributed by atoms with van der Waals surface area (Å²) in [5, 5.41) is 11.0. The third kappa shape index (κ3) is 6.50. The molecule has 2 aromatic rings. The van der Waals surface area contributed by atoms with Crippen LogP contribution in [0, 0.1) is 11.3 Å². The van der Waals surface area contributed by atoms with Crippen molar-refractivity contribution in [2.45, 2.75) is 78.6 Å². The number of hydrazine groups is 1. The predicted octanol–water partition coefficient (Wildman–Crippen LogP) is 2.61. The van der Waals surface area contributed by atoms with Gasteiger partial charge >= 0.3 is 0 Å². The highest BCUT2D eigenvalue weighted by atomic mass is 16.2. The number of fused-ring (bicyclic) bond motifs is 4. The van der Waals surface area contributed by atoms with E-state index in [0.29, 0.717) is 25.1 Å². The fraction of sp³-hybridized carbons (Fsp3) is 0.500. The molecule has 3 heterocycles. The minimum Gasteiger partial charge on any atom is -0.347 e. The van der Waals surface area contributed by atoms with Gasteiger partial charge in [-0.05, 0) is 64.2 Å². The Bertz CT molecular complexity index is 1340. The third-order valence-electron chi connectivity index (χ3n) is 7.55. The Kier molecular flexibility index (Phi) is 8.58. The number of amides is 4. The molecule has 5 bridgehead atoms. The Balaban J connectivity index is 1.70. The zero-order valence-corrected chi connectivity index (χ0v) is 24.1. The molecule has 4 rings (SSSR count). The first-order valence-corrected chi connectivity index (χ1v) is 13.9. The molecule has 2 aliphatic rings. The van der Waals surface area contributed by atoms with Crippen molar-refractivity contribution in [3.05, 3.63) is 47.7 Å². The molecule has 0 saturated carbocycles. The summed E-state index contributed by atoms with van der Waals surface area (Å²) in [6, 6.07) is 7.09. The van der Waals surface area contributed by atoms with Crippen LogP contribution >= 0.6 is 0 Å². The minimum absolute atomic E-state index is 0.212. The first kappa shape index (κ1) is 29.2. The van der Waals surface area contributed by atoms with E-state index in [2.05, 4.69) is 21.4 Å². The van der Waals surface area contributed by atoms with Gasteiger partial charge in [0.2, 0.25) is 17.7 Å². The van der Waals surface area contributed by atoms with Crippen LogP contribution < -0.4 is 21.4 Å². The summed E-state index contributed by atoms with van der Waals surface area (Å²) in [5.41, 5.74) is 4.48. The van der Waals surface area contributed by atoms with Gasteiger partial charge in [-0.2, -0.15) is 0 Å². The van der Waals surface area contributed by atoms with Crippen molar-refractivity contribution in [2.24, 2.45) is 11.3 Å². The fourth-order valence-electron chi connectivity index (χ4n) is 4.86. The van der Waals surface area contributed by atoms with Gasteiger partial charge in [-0.1, -0.05) is 44.2 Å². The maximum Gasteiger partial charge on any atom is 0.258 e. The second kappa shape index (κ2) is 11.8. The molecule has 0 aliphatic carbocycles. The fourth-order valence-corrected chi connectivity index (χ4v) is 4.86. The molecule has 1 aromatic carbocycles. The normalized spacial score (nSPS) is 27.2. The minimum atomic E-state index is -0.913. The average Bonchev–Trinajstić information content (AvgIpc) is 2.92. The second-order valence-electron chi connectivity index (χ2n) is 11.7. The second-order valence-corrected chi connectivity index (χ2v) is 11.7. The number of rotatable bonds is 1. The Morgan fingerprint density at radius 3 is 2.38 bits per heavy atom. The Morgan fingerprint density at radius 2 is 1.65 bits per heavy atom. The largest absolute Gasteiger partial charge is 0.347 e. The maximum absolute atomic E-state index is 13.3. The lowest BCUT2D eigenvalue weighted by atomic mass is 9.89. The smallest absolute Gasteiger partial charge is 0.258 e. The van der Waals surface area contributed by atoms with Gasteiger partial charge in [0, 0.05) is 11.9 Å². The highest BCUT2D eigenvalue weighted by Gasteiger charge is 2.35. The monoisotopic (exact) mass is 548 g/mol. The summed E-state index contributed by atoms with van der Waals surface area (Å²) in [7, 11) is 0. The van der Waals surface area contributed by atoms with Crippen molar-refractivity contribution in [2.75, 3.05) is 6.54 Å². The number of aromatic nitrogens is 1. The first-order chi connectivity index (χ1) is 18.9. The SMILES string of the molecule is CC(C)C1NC(=O)C(C)(C)/C=C/c2ccc3ccc(nc3c2)[C@@H](C)NC(=O)[C@@H]2CCCN(N2)C(=O)[C@H](C)NC1=O. The van der Waals surface area contributed by atoms with Crippen molar-refractivity contribution in [1.82, 2.24) is 31.4 Å². The highest BCUT2D eigenvalue weighted by molar-refractivity contribution is 5.94. The lowest BCUT2D eigenvalue weighted by molar-refractivity contribution is -0.143. The zero-order valence-electron chi connectivity index (χ0n) is 24.1. The first-order valence-electron chi connectivity index (χ1n) is 13.9. The molecule has 1 fully saturated rings. The van der Waals surface area contributed by atoms with Crippen LogP contribution in [0.2, 0.25) is 0 Å². The summed E-state index contributed by atoms with van der Waals surface area (Å²) < 4.78 is 0. The van der Waals surface area contributed by atoms with E-state index < -0.39 is 29.4 Å². The predicted molar refractivity (Wildman–Crippen MR) is 153 cm³/mol. The van der Waals surface area contributed by atoms with Crippen LogP contribution in [0.4, 0.5) is 0 Å². The molecule has 10 heteroatoms. The van der Waals surface area contributed by atoms with Crippen LogP contribution in [0.25, 0.3) is 17.0 Å². The molecule has 4 atom stereocenters. The molecule has 1 saturated heterocycles. The molecule has 1 aromatic heterocycles. The summed E-state index contributed by atoms with van der Waals surface area (Å²) in [6.07, 6.45) is 4.88. The van der Waals surface area contributed by atoms with E-state index in [-0.39, 0.29) is 29.7 Å². The Hall–Kier alpha value is -3.79. The van der Waals surface area contributed by atoms with E-state index in [1.165, 1.54) is 5.01 Å². The number of carbonyl (C=O) groups excluding carboxylic acids is 4. The number of hydrogen-bond acceptors (Lipinski definition) is 6. The topological polar surface area (TPSA) is 133 Å². The highest BCUT2D eigenvalue weighted by Crippen LogP contribution is 2.23. The molecule has 1 unspecified atom stereocenters. The number of pyridine rings is 1. The molecular formula is C30H40N6O4. The molecule has 40 heavy (non-hydrogen) atoms. The molecule has 4 N–H and O–H groups in total. The average molecular weight is 549 g/mol. The van der Waals surface area contributed by atoms with Gasteiger partial charge in [0.15, 0.2) is 0 Å². The number of hydrogen-bond donors (Lipinski definition) is 4. The van der Waals surface area contributed by atoms with Crippen LogP contribution in [0.1, 0.15) is 71.7 Å². The summed E-state index contributed by atoms with van der Waals surface area (Å²) >= 11 is 0. The van der Waals surface area contributed by atoms with Crippen molar-refractivity contribution in [3.8, 4) is 0 Å².